The maximum atomic E-state index is 11.5. The molecule has 0 unspecified atom stereocenters. The van der Waals surface area contributed by atoms with Gasteiger partial charge < -0.3 is 4.90 Å². The third-order valence-electron chi connectivity index (χ3n) is 3.13. The van der Waals surface area contributed by atoms with E-state index in [0.717, 1.165) is 17.0 Å². The lowest BCUT2D eigenvalue weighted by Crippen LogP contribution is -2.24. The third-order valence-corrected chi connectivity index (χ3v) is 3.13. The minimum absolute atomic E-state index is 0.386. The number of carbonyl (C=O) groups excluding carboxylic acids is 1. The SMILES string of the molecule is C=CC(=O)N=C1N=C2C=CC=CN2Cc2ccccc21. The molecule has 0 N–H and O–H groups in total. The van der Waals surface area contributed by atoms with Crippen LogP contribution in [0.2, 0.25) is 0 Å². The smallest absolute Gasteiger partial charge is 0.271 e. The van der Waals surface area contributed by atoms with Crippen molar-refractivity contribution in [1.82, 2.24) is 4.90 Å². The minimum atomic E-state index is -0.386. The predicted molar refractivity (Wildman–Crippen MR) is 79.4 cm³/mol. The lowest BCUT2D eigenvalue weighted by molar-refractivity contribution is -0.113. The van der Waals surface area contributed by atoms with E-state index in [2.05, 4.69) is 16.6 Å². The molecule has 0 radical (unpaired) electrons. The molecule has 3 rings (SSSR count). The van der Waals surface area contributed by atoms with Crippen molar-refractivity contribution in [2.75, 3.05) is 0 Å². The number of rotatable bonds is 1. The number of benzene rings is 1. The van der Waals surface area contributed by atoms with Gasteiger partial charge in [-0.1, -0.05) is 36.9 Å². The summed E-state index contributed by atoms with van der Waals surface area (Å²) in [7, 11) is 0. The van der Waals surface area contributed by atoms with E-state index in [0.29, 0.717) is 12.4 Å². The normalized spacial score (nSPS) is 18.1. The molecule has 0 fully saturated rings. The van der Waals surface area contributed by atoms with Crippen molar-refractivity contribution in [2.24, 2.45) is 9.98 Å². The summed E-state index contributed by atoms with van der Waals surface area (Å²) in [5.41, 5.74) is 1.97. The van der Waals surface area contributed by atoms with Crippen molar-refractivity contribution in [1.29, 1.82) is 0 Å². The molecule has 2 aliphatic heterocycles. The monoisotopic (exact) mass is 263 g/mol. The molecule has 1 amide bonds. The second kappa shape index (κ2) is 5.09. The van der Waals surface area contributed by atoms with Crippen molar-refractivity contribution in [3.8, 4) is 0 Å². The molecule has 4 nitrogen and oxygen atoms in total. The third kappa shape index (κ3) is 2.23. The quantitative estimate of drug-likeness (QED) is 0.730. The summed E-state index contributed by atoms with van der Waals surface area (Å²) in [6.07, 6.45) is 8.93. The van der Waals surface area contributed by atoms with Crippen LogP contribution in [0, 0.1) is 0 Å². The minimum Gasteiger partial charge on any atom is -0.329 e. The van der Waals surface area contributed by atoms with Gasteiger partial charge in [-0.05, 0) is 23.8 Å². The molecule has 0 spiro atoms. The molecular weight excluding hydrogens is 250 g/mol. The number of allylic oxidation sites excluding steroid dienone is 2. The second-order valence-electron chi connectivity index (χ2n) is 4.43. The van der Waals surface area contributed by atoms with E-state index in [9.17, 15) is 4.79 Å². The summed E-state index contributed by atoms with van der Waals surface area (Å²) < 4.78 is 0. The van der Waals surface area contributed by atoms with Crippen LogP contribution in [0.3, 0.4) is 0 Å². The van der Waals surface area contributed by atoms with Crippen LogP contribution in [-0.4, -0.2) is 22.5 Å². The fourth-order valence-corrected chi connectivity index (χ4v) is 2.17. The Kier molecular flexibility index (Phi) is 3.13. The molecule has 0 saturated heterocycles. The van der Waals surface area contributed by atoms with Gasteiger partial charge in [0.15, 0.2) is 5.84 Å². The number of fused-ring (bicyclic) bond motifs is 2. The molecule has 2 aliphatic rings. The molecule has 2 heterocycles. The van der Waals surface area contributed by atoms with E-state index in [1.165, 1.54) is 6.08 Å². The van der Waals surface area contributed by atoms with Crippen LogP contribution in [0.1, 0.15) is 11.1 Å². The summed E-state index contributed by atoms with van der Waals surface area (Å²) in [5.74, 6) is 0.824. The van der Waals surface area contributed by atoms with Gasteiger partial charge in [-0.25, -0.2) is 4.99 Å². The highest BCUT2D eigenvalue weighted by Crippen LogP contribution is 2.20. The summed E-state index contributed by atoms with van der Waals surface area (Å²) in [6, 6.07) is 7.84. The predicted octanol–water partition coefficient (Wildman–Crippen LogP) is 2.44. The molecule has 20 heavy (non-hydrogen) atoms. The average molecular weight is 263 g/mol. The molecule has 0 atom stereocenters. The molecule has 0 saturated carbocycles. The van der Waals surface area contributed by atoms with Crippen LogP contribution in [0.4, 0.5) is 0 Å². The Labute approximate surface area is 117 Å². The van der Waals surface area contributed by atoms with Crippen molar-refractivity contribution in [3.63, 3.8) is 0 Å². The topological polar surface area (TPSA) is 45.0 Å². The first kappa shape index (κ1) is 12.3. The van der Waals surface area contributed by atoms with E-state index in [4.69, 9.17) is 0 Å². The zero-order valence-electron chi connectivity index (χ0n) is 10.9. The molecule has 1 aromatic rings. The van der Waals surface area contributed by atoms with E-state index in [-0.39, 0.29) is 5.91 Å². The van der Waals surface area contributed by atoms with Crippen LogP contribution in [0.15, 0.2) is 71.3 Å². The van der Waals surface area contributed by atoms with Gasteiger partial charge in [-0.15, -0.1) is 0 Å². The van der Waals surface area contributed by atoms with Crippen molar-refractivity contribution >= 4 is 17.6 Å². The second-order valence-corrected chi connectivity index (χ2v) is 4.43. The van der Waals surface area contributed by atoms with Gasteiger partial charge in [0.2, 0.25) is 0 Å². The number of carbonyl (C=O) groups is 1. The Morgan fingerprint density at radius 1 is 1.35 bits per heavy atom. The largest absolute Gasteiger partial charge is 0.329 e. The Bertz CT molecular complexity index is 695. The summed E-state index contributed by atoms with van der Waals surface area (Å²) in [5, 5.41) is 0. The van der Waals surface area contributed by atoms with E-state index in [1.807, 2.05) is 53.6 Å². The highest BCUT2D eigenvalue weighted by atomic mass is 16.1. The van der Waals surface area contributed by atoms with Gasteiger partial charge in [0.25, 0.3) is 5.91 Å². The van der Waals surface area contributed by atoms with Crippen LogP contribution >= 0.6 is 0 Å². The zero-order chi connectivity index (χ0) is 13.9. The van der Waals surface area contributed by atoms with Crippen molar-refractivity contribution in [2.45, 2.75) is 6.54 Å². The number of amides is 1. The number of nitrogens with zero attached hydrogens (tertiary/aromatic N) is 3. The lowest BCUT2D eigenvalue weighted by Gasteiger charge is -2.20. The highest BCUT2D eigenvalue weighted by molar-refractivity contribution is 6.15. The molecule has 0 aromatic heterocycles. The van der Waals surface area contributed by atoms with Crippen LogP contribution in [0.25, 0.3) is 0 Å². The first-order valence-corrected chi connectivity index (χ1v) is 6.31. The first-order valence-electron chi connectivity index (χ1n) is 6.31. The Hall–Kier alpha value is -2.75. The van der Waals surface area contributed by atoms with Crippen LogP contribution in [-0.2, 0) is 11.3 Å². The number of aliphatic imine (C=N–C) groups is 2. The van der Waals surface area contributed by atoms with Crippen LogP contribution in [0.5, 0.6) is 0 Å². The zero-order valence-corrected chi connectivity index (χ0v) is 10.9. The Balaban J connectivity index is 2.17. The number of hydrogen-bond donors (Lipinski definition) is 0. The maximum absolute atomic E-state index is 11.5. The van der Waals surface area contributed by atoms with Crippen molar-refractivity contribution in [3.05, 3.63) is 72.5 Å². The van der Waals surface area contributed by atoms with Crippen molar-refractivity contribution < 1.29 is 4.79 Å². The maximum Gasteiger partial charge on any atom is 0.271 e. The van der Waals surface area contributed by atoms with Gasteiger partial charge in [-0.2, -0.15) is 4.99 Å². The number of hydrogen-bond acceptors (Lipinski definition) is 2. The Morgan fingerprint density at radius 2 is 2.20 bits per heavy atom. The lowest BCUT2D eigenvalue weighted by atomic mass is 10.1. The summed E-state index contributed by atoms with van der Waals surface area (Å²) in [4.78, 5) is 22.1. The van der Waals surface area contributed by atoms with Crippen LogP contribution < -0.4 is 0 Å². The van der Waals surface area contributed by atoms with Gasteiger partial charge in [0.05, 0.1) is 0 Å². The average Bonchev–Trinajstić information content (AvgIpc) is 2.63. The molecule has 1 aromatic carbocycles. The van der Waals surface area contributed by atoms with E-state index < -0.39 is 0 Å². The molecular formula is C16H13N3O. The highest BCUT2D eigenvalue weighted by Gasteiger charge is 2.19. The summed E-state index contributed by atoms with van der Waals surface area (Å²) >= 11 is 0. The van der Waals surface area contributed by atoms with Gasteiger partial charge >= 0.3 is 0 Å². The fraction of sp³-hybridized carbons (Fsp3) is 0.0625. The molecule has 98 valence electrons. The van der Waals surface area contributed by atoms with Gasteiger partial charge in [0.1, 0.15) is 5.84 Å². The standard InChI is InChI=1S/C16H13N3O/c1-2-15(20)18-16-13-8-4-3-7-12(13)11-19-10-6-5-9-14(19)17-16/h2-10H,1,11H2. The van der Waals surface area contributed by atoms with E-state index >= 15 is 0 Å². The Morgan fingerprint density at radius 3 is 3.05 bits per heavy atom. The molecule has 0 aliphatic carbocycles. The van der Waals surface area contributed by atoms with E-state index in [1.54, 1.807) is 0 Å². The molecule has 0 bridgehead atoms. The van der Waals surface area contributed by atoms with Gasteiger partial charge in [0, 0.05) is 18.3 Å². The summed E-state index contributed by atoms with van der Waals surface area (Å²) in [6.45, 7) is 4.15. The fourth-order valence-electron chi connectivity index (χ4n) is 2.17. The van der Waals surface area contributed by atoms with Gasteiger partial charge in [-0.3, -0.25) is 4.79 Å². The number of amidine groups is 2. The first-order chi connectivity index (χ1) is 9.78. The molecule has 4 heteroatoms.